The van der Waals surface area contributed by atoms with Crippen molar-refractivity contribution in [2.45, 2.75) is 43.7 Å². The molecule has 0 spiro atoms. The third-order valence-electron chi connectivity index (χ3n) is 6.29. The molecule has 4 unspecified atom stereocenters. The number of aromatic nitrogens is 2. The molecule has 0 saturated heterocycles. The summed E-state index contributed by atoms with van der Waals surface area (Å²) in [5, 5.41) is 15.4. The smallest absolute Gasteiger partial charge is 0.153 e. The second kappa shape index (κ2) is 4.57. The van der Waals surface area contributed by atoms with E-state index in [1.54, 1.807) is 6.20 Å². The summed E-state index contributed by atoms with van der Waals surface area (Å²) < 4.78 is 0. The molecule has 0 aliphatic heterocycles. The van der Waals surface area contributed by atoms with E-state index in [1.807, 2.05) is 12.3 Å². The Morgan fingerprint density at radius 1 is 1.30 bits per heavy atom. The average molecular weight is 311 g/mol. The fourth-order valence-corrected chi connectivity index (χ4v) is 5.66. The van der Waals surface area contributed by atoms with E-state index in [0.717, 1.165) is 42.3 Å². The van der Waals surface area contributed by atoms with Gasteiger partial charge in [0.15, 0.2) is 6.29 Å². The zero-order valence-electron chi connectivity index (χ0n) is 13.0. The molecular weight excluding hydrogens is 290 g/mol. The van der Waals surface area contributed by atoms with Crippen LogP contribution in [-0.2, 0) is 0 Å². The minimum atomic E-state index is -0.427. The lowest BCUT2D eigenvalue weighted by Crippen LogP contribution is -2.59. The Bertz CT molecular complexity index is 768. The minimum absolute atomic E-state index is 0.353. The molecule has 4 saturated carbocycles. The summed E-state index contributed by atoms with van der Waals surface area (Å²) in [6.07, 6.45) is 9.57. The number of carbonyl (C=O) groups is 1. The van der Waals surface area contributed by atoms with Crippen LogP contribution in [-0.4, -0.2) is 33.0 Å². The topological polar surface area (TPSA) is 78.0 Å². The molecule has 0 radical (unpaired) electrons. The van der Waals surface area contributed by atoms with E-state index >= 15 is 0 Å². The number of fused-ring (bicyclic) bond motifs is 1. The van der Waals surface area contributed by atoms with E-state index in [4.69, 9.17) is 0 Å². The van der Waals surface area contributed by atoms with E-state index < -0.39 is 5.60 Å². The number of aldehydes is 1. The molecule has 5 nitrogen and oxygen atoms in total. The molecule has 4 aliphatic rings. The Balaban J connectivity index is 1.53. The molecule has 2 heterocycles. The van der Waals surface area contributed by atoms with Crippen molar-refractivity contribution in [3.63, 3.8) is 0 Å². The van der Waals surface area contributed by atoms with Crippen LogP contribution in [0.1, 0.15) is 42.5 Å². The number of aromatic amines is 1. The lowest BCUT2D eigenvalue weighted by Gasteiger charge is -2.58. The van der Waals surface area contributed by atoms with Crippen LogP contribution in [0.5, 0.6) is 0 Å². The standard InChI is InChI=1S/C18H21N3O2/c22-9-13-8-20-17-14(1-2-19-17)16(13)21-15-11-3-10-4-12(15)7-18(23,5-10)6-11/h1-2,8-12,15,23H,3-7H2,(H2,19,20,21)/t10?,11-,12?,15?,18?/m0/s1. The van der Waals surface area contributed by atoms with E-state index in [9.17, 15) is 9.90 Å². The molecule has 5 atom stereocenters. The van der Waals surface area contributed by atoms with Gasteiger partial charge >= 0.3 is 0 Å². The first-order valence-corrected chi connectivity index (χ1v) is 8.55. The molecular formula is C18H21N3O2. The molecule has 4 fully saturated rings. The van der Waals surface area contributed by atoms with Crippen LogP contribution < -0.4 is 5.32 Å². The maximum absolute atomic E-state index is 11.5. The van der Waals surface area contributed by atoms with Gasteiger partial charge in [0.1, 0.15) is 5.65 Å². The minimum Gasteiger partial charge on any atom is -0.390 e. The van der Waals surface area contributed by atoms with Crippen molar-refractivity contribution in [2.24, 2.45) is 17.8 Å². The molecule has 6 rings (SSSR count). The van der Waals surface area contributed by atoms with E-state index in [0.29, 0.717) is 29.4 Å². The molecule has 4 aliphatic carbocycles. The van der Waals surface area contributed by atoms with Gasteiger partial charge in [0.2, 0.25) is 0 Å². The summed E-state index contributed by atoms with van der Waals surface area (Å²) in [7, 11) is 0. The number of carbonyl (C=O) groups excluding carboxylic acids is 1. The van der Waals surface area contributed by atoms with Gasteiger partial charge in [-0.25, -0.2) is 4.98 Å². The molecule has 23 heavy (non-hydrogen) atoms. The van der Waals surface area contributed by atoms with Crippen molar-refractivity contribution in [3.05, 3.63) is 24.0 Å². The number of nitrogens with zero attached hydrogens (tertiary/aromatic N) is 1. The first kappa shape index (κ1) is 13.5. The first-order valence-electron chi connectivity index (χ1n) is 8.55. The number of rotatable bonds is 3. The molecule has 5 heteroatoms. The quantitative estimate of drug-likeness (QED) is 0.762. The fraction of sp³-hybridized carbons (Fsp3) is 0.556. The molecule has 4 bridgehead atoms. The maximum Gasteiger partial charge on any atom is 0.153 e. The molecule has 2 aromatic rings. The first-order chi connectivity index (χ1) is 11.1. The highest BCUT2D eigenvalue weighted by atomic mass is 16.3. The molecule has 0 amide bonds. The van der Waals surface area contributed by atoms with Crippen molar-refractivity contribution >= 4 is 23.0 Å². The summed E-state index contributed by atoms with van der Waals surface area (Å²) in [5.74, 6) is 1.70. The summed E-state index contributed by atoms with van der Waals surface area (Å²) in [6.45, 7) is 0. The van der Waals surface area contributed by atoms with Crippen LogP contribution >= 0.6 is 0 Å². The number of hydrogen-bond acceptors (Lipinski definition) is 4. The van der Waals surface area contributed by atoms with E-state index in [1.165, 1.54) is 12.8 Å². The van der Waals surface area contributed by atoms with Crippen LogP contribution in [0.25, 0.3) is 11.0 Å². The van der Waals surface area contributed by atoms with Gasteiger partial charge in [-0.1, -0.05) is 0 Å². The monoisotopic (exact) mass is 311 g/mol. The van der Waals surface area contributed by atoms with Gasteiger partial charge in [0.25, 0.3) is 0 Å². The number of nitrogens with one attached hydrogen (secondary N) is 2. The van der Waals surface area contributed by atoms with Gasteiger partial charge in [-0.2, -0.15) is 0 Å². The van der Waals surface area contributed by atoms with Crippen LogP contribution in [0.4, 0.5) is 5.69 Å². The SMILES string of the molecule is O=Cc1cnc2[nH]ccc2c1NC1C2CC3C[C@H]1CC(O)(C3)C2. The van der Waals surface area contributed by atoms with Gasteiger partial charge in [0.05, 0.1) is 16.9 Å². The zero-order valence-corrected chi connectivity index (χ0v) is 13.0. The number of hydrogen-bond donors (Lipinski definition) is 3. The number of aliphatic hydroxyl groups is 1. The van der Waals surface area contributed by atoms with Gasteiger partial charge in [-0.05, 0) is 55.9 Å². The predicted octanol–water partition coefficient (Wildman–Crippen LogP) is 2.73. The van der Waals surface area contributed by atoms with E-state index in [2.05, 4.69) is 15.3 Å². The lowest BCUT2D eigenvalue weighted by atomic mass is 9.52. The Kier molecular flexibility index (Phi) is 2.69. The van der Waals surface area contributed by atoms with Crippen molar-refractivity contribution in [1.29, 1.82) is 0 Å². The maximum atomic E-state index is 11.5. The largest absolute Gasteiger partial charge is 0.390 e. The van der Waals surface area contributed by atoms with Crippen molar-refractivity contribution < 1.29 is 9.90 Å². The summed E-state index contributed by atoms with van der Waals surface area (Å²) in [4.78, 5) is 18.9. The van der Waals surface area contributed by atoms with Gasteiger partial charge < -0.3 is 15.4 Å². The van der Waals surface area contributed by atoms with Gasteiger partial charge in [-0.3, -0.25) is 4.79 Å². The Labute approximate surface area is 134 Å². The Hall–Kier alpha value is -1.88. The molecule has 2 aromatic heterocycles. The van der Waals surface area contributed by atoms with Gasteiger partial charge in [0, 0.05) is 23.8 Å². The number of H-pyrrole nitrogens is 1. The van der Waals surface area contributed by atoms with Crippen molar-refractivity contribution in [1.82, 2.24) is 9.97 Å². The summed E-state index contributed by atoms with van der Waals surface area (Å²) in [5.41, 5.74) is 1.89. The summed E-state index contributed by atoms with van der Waals surface area (Å²) in [6, 6.07) is 2.33. The number of pyridine rings is 1. The Morgan fingerprint density at radius 2 is 2.09 bits per heavy atom. The predicted molar refractivity (Wildman–Crippen MR) is 87.4 cm³/mol. The van der Waals surface area contributed by atoms with Crippen molar-refractivity contribution in [2.75, 3.05) is 5.32 Å². The third kappa shape index (κ3) is 1.96. The Morgan fingerprint density at radius 3 is 2.78 bits per heavy atom. The second-order valence-electron chi connectivity index (χ2n) is 7.81. The lowest BCUT2D eigenvalue weighted by molar-refractivity contribution is -0.129. The molecule has 3 N–H and O–H groups in total. The highest BCUT2D eigenvalue weighted by Gasteiger charge is 2.54. The molecule has 120 valence electrons. The third-order valence-corrected chi connectivity index (χ3v) is 6.29. The van der Waals surface area contributed by atoms with Crippen LogP contribution in [0.2, 0.25) is 0 Å². The fourth-order valence-electron chi connectivity index (χ4n) is 5.66. The number of anilines is 1. The zero-order chi connectivity index (χ0) is 15.6. The normalized spacial score (nSPS) is 38.1. The average Bonchev–Trinajstić information content (AvgIpc) is 2.98. The van der Waals surface area contributed by atoms with Gasteiger partial charge in [-0.15, -0.1) is 0 Å². The van der Waals surface area contributed by atoms with Crippen LogP contribution in [0, 0.1) is 17.8 Å². The molecule has 0 aromatic carbocycles. The van der Waals surface area contributed by atoms with Crippen LogP contribution in [0.15, 0.2) is 18.5 Å². The van der Waals surface area contributed by atoms with E-state index in [-0.39, 0.29) is 0 Å². The highest BCUT2D eigenvalue weighted by Crippen LogP contribution is 2.56. The second-order valence-corrected chi connectivity index (χ2v) is 7.81. The van der Waals surface area contributed by atoms with Crippen molar-refractivity contribution in [3.8, 4) is 0 Å². The highest BCUT2D eigenvalue weighted by molar-refractivity contribution is 5.99. The summed E-state index contributed by atoms with van der Waals surface area (Å²) >= 11 is 0. The van der Waals surface area contributed by atoms with Crippen LogP contribution in [0.3, 0.4) is 0 Å².